The van der Waals surface area contributed by atoms with Gasteiger partial charge in [-0.15, -0.1) is 0 Å². The first kappa shape index (κ1) is 17.3. The number of aromatic nitrogens is 2. The van der Waals surface area contributed by atoms with Gasteiger partial charge < -0.3 is 14.4 Å². The topological polar surface area (TPSA) is 47.3 Å². The van der Waals surface area contributed by atoms with Crippen LogP contribution in [-0.4, -0.2) is 14.7 Å². The Morgan fingerprint density at radius 1 is 0.926 bits per heavy atom. The second-order valence-electron chi connectivity index (χ2n) is 6.66. The van der Waals surface area contributed by atoms with Crippen LogP contribution in [0.4, 0.5) is 0 Å². The molecule has 1 aromatic heterocycles. The molecule has 27 heavy (non-hydrogen) atoms. The number of hydrogen-bond acceptors (Lipinski definition) is 3. The summed E-state index contributed by atoms with van der Waals surface area (Å²) in [6, 6.07) is 25.6. The van der Waals surface area contributed by atoms with Gasteiger partial charge in [-0.1, -0.05) is 60.2 Å². The van der Waals surface area contributed by atoms with Crippen LogP contribution in [0.3, 0.4) is 0 Å². The molecule has 0 bridgehead atoms. The summed E-state index contributed by atoms with van der Waals surface area (Å²) in [6.07, 6.45) is -0.609. The zero-order valence-electron chi connectivity index (χ0n) is 15.2. The number of imidazole rings is 1. The van der Waals surface area contributed by atoms with Crippen molar-refractivity contribution in [1.82, 2.24) is 9.55 Å². The molecule has 1 N–H and O–H groups in total. The molecule has 0 aliphatic rings. The number of rotatable bonds is 6. The third-order valence-corrected chi connectivity index (χ3v) is 4.66. The van der Waals surface area contributed by atoms with Crippen molar-refractivity contribution in [3.05, 3.63) is 95.8 Å². The molecule has 0 spiro atoms. The molecule has 136 valence electrons. The van der Waals surface area contributed by atoms with E-state index in [1.54, 1.807) is 0 Å². The standard InChI is InChI=1S/C23H22N2O2/c1-17-11-13-19(14-12-17)27-16-23-24-20-9-5-6-10-21(20)25(23)15-22(26)18-7-3-2-4-8-18/h2-14,22,26H,15-16H2,1H3/t22-/m1/s1. The molecule has 0 amide bonds. The molecule has 1 heterocycles. The minimum absolute atomic E-state index is 0.346. The van der Waals surface area contributed by atoms with Gasteiger partial charge in [-0.25, -0.2) is 4.98 Å². The summed E-state index contributed by atoms with van der Waals surface area (Å²) in [4.78, 5) is 4.72. The van der Waals surface area contributed by atoms with Gasteiger partial charge in [0.2, 0.25) is 0 Å². The molecule has 0 radical (unpaired) electrons. The zero-order valence-corrected chi connectivity index (χ0v) is 15.2. The highest BCUT2D eigenvalue weighted by Gasteiger charge is 2.15. The Morgan fingerprint density at radius 2 is 1.63 bits per heavy atom. The predicted octanol–water partition coefficient (Wildman–Crippen LogP) is 4.66. The van der Waals surface area contributed by atoms with Crippen LogP contribution in [0.5, 0.6) is 5.75 Å². The largest absolute Gasteiger partial charge is 0.486 e. The highest BCUT2D eigenvalue weighted by molar-refractivity contribution is 5.75. The van der Waals surface area contributed by atoms with Crippen molar-refractivity contribution in [2.24, 2.45) is 0 Å². The van der Waals surface area contributed by atoms with Crippen LogP contribution in [0.2, 0.25) is 0 Å². The van der Waals surface area contributed by atoms with Crippen LogP contribution in [0.1, 0.15) is 23.1 Å². The Kier molecular flexibility index (Phi) is 4.90. The minimum atomic E-state index is -0.609. The molecule has 4 aromatic rings. The van der Waals surface area contributed by atoms with E-state index in [1.165, 1.54) is 5.56 Å². The molecular formula is C23H22N2O2. The van der Waals surface area contributed by atoms with Gasteiger partial charge in [0.1, 0.15) is 18.2 Å². The predicted molar refractivity (Wildman–Crippen MR) is 107 cm³/mol. The molecule has 3 aromatic carbocycles. The summed E-state index contributed by atoms with van der Waals surface area (Å²) in [5.41, 5.74) is 3.98. The van der Waals surface area contributed by atoms with E-state index in [1.807, 2.05) is 90.4 Å². The van der Waals surface area contributed by atoms with Crippen LogP contribution < -0.4 is 4.74 Å². The monoisotopic (exact) mass is 358 g/mol. The van der Waals surface area contributed by atoms with E-state index in [9.17, 15) is 5.11 Å². The summed E-state index contributed by atoms with van der Waals surface area (Å²) in [5, 5.41) is 10.7. The Balaban J connectivity index is 1.61. The van der Waals surface area contributed by atoms with Crippen molar-refractivity contribution in [2.45, 2.75) is 26.2 Å². The lowest BCUT2D eigenvalue weighted by Gasteiger charge is -2.15. The first-order valence-electron chi connectivity index (χ1n) is 9.07. The first-order chi connectivity index (χ1) is 13.2. The van der Waals surface area contributed by atoms with Crippen LogP contribution in [0.15, 0.2) is 78.9 Å². The van der Waals surface area contributed by atoms with Crippen LogP contribution in [0, 0.1) is 6.92 Å². The maximum atomic E-state index is 10.7. The Morgan fingerprint density at radius 3 is 2.41 bits per heavy atom. The van der Waals surface area contributed by atoms with Crippen LogP contribution in [-0.2, 0) is 13.2 Å². The van der Waals surface area contributed by atoms with Gasteiger partial charge in [0.15, 0.2) is 0 Å². The number of fused-ring (bicyclic) bond motifs is 1. The zero-order chi connectivity index (χ0) is 18.6. The number of hydrogen-bond donors (Lipinski definition) is 1. The van der Waals surface area contributed by atoms with Gasteiger partial charge in [-0.05, 0) is 36.8 Å². The third-order valence-electron chi connectivity index (χ3n) is 4.66. The summed E-state index contributed by atoms with van der Waals surface area (Å²) in [6.45, 7) is 2.82. The molecule has 4 heteroatoms. The fraction of sp³-hybridized carbons (Fsp3) is 0.174. The Hall–Kier alpha value is -3.11. The molecule has 4 rings (SSSR count). The lowest BCUT2D eigenvalue weighted by atomic mass is 10.1. The van der Waals surface area contributed by atoms with Gasteiger partial charge in [-0.3, -0.25) is 0 Å². The highest BCUT2D eigenvalue weighted by Crippen LogP contribution is 2.22. The molecule has 0 fully saturated rings. The van der Waals surface area contributed by atoms with Gasteiger partial charge in [0, 0.05) is 0 Å². The number of aryl methyl sites for hydroxylation is 1. The second-order valence-corrected chi connectivity index (χ2v) is 6.66. The Bertz CT molecular complexity index is 1020. The summed E-state index contributed by atoms with van der Waals surface area (Å²) in [7, 11) is 0. The molecular weight excluding hydrogens is 336 g/mol. The van der Waals surface area contributed by atoms with Crippen molar-refractivity contribution in [1.29, 1.82) is 0 Å². The molecule has 4 nitrogen and oxygen atoms in total. The van der Waals surface area contributed by atoms with E-state index in [2.05, 4.69) is 0 Å². The van der Waals surface area contributed by atoms with Gasteiger partial charge in [0.25, 0.3) is 0 Å². The average molecular weight is 358 g/mol. The molecule has 0 aliphatic heterocycles. The van der Waals surface area contributed by atoms with E-state index in [-0.39, 0.29) is 0 Å². The normalized spacial score (nSPS) is 12.2. The maximum Gasteiger partial charge on any atom is 0.148 e. The summed E-state index contributed by atoms with van der Waals surface area (Å²) in [5.74, 6) is 1.61. The lowest BCUT2D eigenvalue weighted by molar-refractivity contribution is 0.154. The van der Waals surface area contributed by atoms with Gasteiger partial charge in [-0.2, -0.15) is 0 Å². The third kappa shape index (κ3) is 3.86. The fourth-order valence-corrected chi connectivity index (χ4v) is 3.18. The quantitative estimate of drug-likeness (QED) is 0.545. The van der Waals surface area contributed by atoms with E-state index in [0.29, 0.717) is 13.2 Å². The van der Waals surface area contributed by atoms with Crippen molar-refractivity contribution in [3.63, 3.8) is 0 Å². The Labute approximate surface area is 158 Å². The number of ether oxygens (including phenoxy) is 1. The first-order valence-corrected chi connectivity index (χ1v) is 9.07. The molecule has 1 atom stereocenters. The number of aliphatic hydroxyl groups is 1. The van der Waals surface area contributed by atoms with Crippen molar-refractivity contribution in [3.8, 4) is 5.75 Å². The smallest absolute Gasteiger partial charge is 0.148 e. The average Bonchev–Trinajstić information content (AvgIpc) is 3.06. The van der Waals surface area contributed by atoms with Crippen LogP contribution in [0.25, 0.3) is 11.0 Å². The molecule has 0 aliphatic carbocycles. The minimum Gasteiger partial charge on any atom is -0.486 e. The number of nitrogens with zero attached hydrogens (tertiary/aromatic N) is 2. The fourth-order valence-electron chi connectivity index (χ4n) is 3.18. The summed E-state index contributed by atoms with van der Waals surface area (Å²) < 4.78 is 7.98. The molecule has 0 saturated carbocycles. The lowest BCUT2D eigenvalue weighted by Crippen LogP contribution is -2.13. The van der Waals surface area contributed by atoms with Gasteiger partial charge >= 0.3 is 0 Å². The summed E-state index contributed by atoms with van der Waals surface area (Å²) >= 11 is 0. The SMILES string of the molecule is Cc1ccc(OCc2nc3ccccc3n2C[C@@H](O)c2ccccc2)cc1. The number of para-hydroxylation sites is 2. The van der Waals surface area contributed by atoms with Crippen LogP contribution >= 0.6 is 0 Å². The van der Waals surface area contributed by atoms with E-state index >= 15 is 0 Å². The maximum absolute atomic E-state index is 10.7. The van der Waals surface area contributed by atoms with E-state index in [4.69, 9.17) is 9.72 Å². The molecule has 0 unspecified atom stereocenters. The van der Waals surface area contributed by atoms with E-state index in [0.717, 1.165) is 28.2 Å². The van der Waals surface area contributed by atoms with Crippen molar-refractivity contribution >= 4 is 11.0 Å². The van der Waals surface area contributed by atoms with E-state index < -0.39 is 6.10 Å². The van der Waals surface area contributed by atoms with Crippen molar-refractivity contribution in [2.75, 3.05) is 0 Å². The van der Waals surface area contributed by atoms with Gasteiger partial charge in [0.05, 0.1) is 23.7 Å². The molecule has 0 saturated heterocycles. The van der Waals surface area contributed by atoms with Crippen molar-refractivity contribution < 1.29 is 9.84 Å². The highest BCUT2D eigenvalue weighted by atomic mass is 16.5. The second kappa shape index (κ2) is 7.64. The number of benzene rings is 3. The number of aliphatic hydroxyl groups excluding tert-OH is 1.